The molecule has 0 aliphatic carbocycles. The van der Waals surface area contributed by atoms with E-state index >= 15 is 0 Å². The first kappa shape index (κ1) is 26.9. The number of aromatic nitrogens is 1. The van der Waals surface area contributed by atoms with Crippen molar-refractivity contribution in [2.75, 3.05) is 26.6 Å². The molecule has 9 nitrogen and oxygen atoms in total. The quantitative estimate of drug-likeness (QED) is 0.348. The fraction of sp³-hybridized carbons (Fsp3) is 0.261. The maximum absolute atomic E-state index is 12.5. The normalized spacial score (nSPS) is 11.2. The molecule has 0 aliphatic rings. The number of hydrogen-bond donors (Lipinski definition) is 3. The second kappa shape index (κ2) is 11.7. The van der Waals surface area contributed by atoms with Crippen LogP contribution in [-0.4, -0.2) is 43.6 Å². The molecule has 1 atom stereocenters. The molecule has 0 saturated heterocycles. The van der Waals surface area contributed by atoms with Crippen molar-refractivity contribution in [2.24, 2.45) is 5.73 Å². The van der Waals surface area contributed by atoms with Crippen LogP contribution in [0.5, 0.6) is 17.2 Å². The SMILES string of the molecule is COc1ccc(-c2csnc2-c2cc(C)c(OC)c(OC)c2)cc1NC(=O)[C@H]([NH3+])CC(N)=O.[Cl-]. The minimum Gasteiger partial charge on any atom is -1.00 e. The first-order valence-electron chi connectivity index (χ1n) is 10.1. The highest BCUT2D eigenvalue weighted by atomic mass is 35.5. The van der Waals surface area contributed by atoms with Gasteiger partial charge in [0.25, 0.3) is 5.91 Å². The zero-order valence-electron chi connectivity index (χ0n) is 19.3. The van der Waals surface area contributed by atoms with E-state index in [1.165, 1.54) is 18.6 Å². The lowest BCUT2D eigenvalue weighted by molar-refractivity contribution is -0.401. The molecule has 0 bridgehead atoms. The average molecular weight is 507 g/mol. The molecule has 0 spiro atoms. The number of carbonyl (C=O) groups is 2. The van der Waals surface area contributed by atoms with Crippen LogP contribution in [0, 0.1) is 6.92 Å². The lowest BCUT2D eigenvalue weighted by Crippen LogP contribution is -3.00. The zero-order valence-corrected chi connectivity index (χ0v) is 20.9. The molecule has 3 rings (SSSR count). The molecule has 1 heterocycles. The van der Waals surface area contributed by atoms with Gasteiger partial charge in [-0.1, -0.05) is 6.07 Å². The second-order valence-corrected chi connectivity index (χ2v) is 8.01. The summed E-state index contributed by atoms with van der Waals surface area (Å²) in [5.74, 6) is 0.745. The summed E-state index contributed by atoms with van der Waals surface area (Å²) in [5.41, 5.74) is 13.6. The highest BCUT2D eigenvalue weighted by Crippen LogP contribution is 2.40. The van der Waals surface area contributed by atoms with Gasteiger partial charge in [0, 0.05) is 16.5 Å². The number of benzene rings is 2. The monoisotopic (exact) mass is 506 g/mol. The number of methoxy groups -OCH3 is 3. The van der Waals surface area contributed by atoms with Crippen LogP contribution in [0.15, 0.2) is 35.7 Å². The van der Waals surface area contributed by atoms with Crippen LogP contribution in [0.2, 0.25) is 0 Å². The smallest absolute Gasteiger partial charge is 0.283 e. The number of primary amides is 1. The summed E-state index contributed by atoms with van der Waals surface area (Å²) in [7, 11) is 4.71. The summed E-state index contributed by atoms with van der Waals surface area (Å²) in [4.78, 5) is 23.6. The van der Waals surface area contributed by atoms with Gasteiger partial charge in [0.1, 0.15) is 5.75 Å². The molecule has 6 N–H and O–H groups in total. The van der Waals surface area contributed by atoms with Crippen molar-refractivity contribution < 1.29 is 41.9 Å². The molecule has 2 amide bonds. The van der Waals surface area contributed by atoms with E-state index in [9.17, 15) is 9.59 Å². The van der Waals surface area contributed by atoms with Crippen LogP contribution in [0.3, 0.4) is 0 Å². The molecule has 0 unspecified atom stereocenters. The number of quaternary nitrogens is 1. The lowest BCUT2D eigenvalue weighted by atomic mass is 9.99. The fourth-order valence-corrected chi connectivity index (χ4v) is 4.20. The molecular weight excluding hydrogens is 480 g/mol. The van der Waals surface area contributed by atoms with Crippen molar-refractivity contribution in [1.29, 1.82) is 0 Å². The molecule has 2 aromatic carbocycles. The van der Waals surface area contributed by atoms with E-state index in [0.29, 0.717) is 22.9 Å². The van der Waals surface area contributed by atoms with Crippen LogP contribution < -0.4 is 43.4 Å². The highest BCUT2D eigenvalue weighted by Gasteiger charge is 2.22. The largest absolute Gasteiger partial charge is 1.00 e. The number of amides is 2. The zero-order chi connectivity index (χ0) is 24.1. The maximum atomic E-state index is 12.5. The van der Waals surface area contributed by atoms with Crippen LogP contribution in [0.1, 0.15) is 12.0 Å². The van der Waals surface area contributed by atoms with E-state index in [2.05, 4.69) is 15.4 Å². The Morgan fingerprint density at radius 2 is 1.79 bits per heavy atom. The molecule has 0 aliphatic heterocycles. The molecule has 1 aromatic heterocycles. The van der Waals surface area contributed by atoms with Crippen LogP contribution in [0.25, 0.3) is 22.4 Å². The van der Waals surface area contributed by atoms with Gasteiger partial charge in [-0.05, 0) is 53.8 Å². The number of carbonyl (C=O) groups excluding carboxylic acids is 2. The number of rotatable bonds is 9. The summed E-state index contributed by atoms with van der Waals surface area (Å²) in [6, 6.07) is 8.51. The fourth-order valence-electron chi connectivity index (χ4n) is 3.48. The van der Waals surface area contributed by atoms with Crippen LogP contribution in [0.4, 0.5) is 5.69 Å². The van der Waals surface area contributed by atoms with Crippen LogP contribution in [-0.2, 0) is 9.59 Å². The molecule has 0 saturated carbocycles. The number of nitrogens with zero attached hydrogens (tertiary/aromatic N) is 1. The number of halogens is 1. The molecular formula is C23H27ClN4O5S. The third-order valence-corrected chi connectivity index (χ3v) is 5.72. The van der Waals surface area contributed by atoms with Crippen molar-refractivity contribution in [3.05, 3.63) is 41.3 Å². The molecule has 0 fully saturated rings. The van der Waals surface area contributed by atoms with Crippen molar-refractivity contribution in [3.8, 4) is 39.6 Å². The standard InChI is InChI=1S/C23H26N4O5S.ClH/c1-12-7-14(9-19(31-3)22(12)32-4)21-15(11-33-27-21)13-5-6-18(30-2)17(8-13)26-23(29)16(24)10-20(25)28;/h5-9,11,16H,10,24H2,1-4H3,(H2,25,28)(H,26,29);1H/t16-;/m1./s1. The Labute approximate surface area is 208 Å². The van der Waals surface area contributed by atoms with Gasteiger partial charge in [0.15, 0.2) is 17.5 Å². The van der Waals surface area contributed by atoms with Gasteiger partial charge in [-0.25, -0.2) is 0 Å². The number of aryl methyl sites for hydroxylation is 1. The number of nitrogens with one attached hydrogen (secondary N) is 1. The maximum Gasteiger partial charge on any atom is 0.283 e. The molecule has 34 heavy (non-hydrogen) atoms. The van der Waals surface area contributed by atoms with E-state index in [1.807, 2.05) is 30.5 Å². The van der Waals surface area contributed by atoms with Gasteiger partial charge in [-0.3, -0.25) is 9.59 Å². The van der Waals surface area contributed by atoms with Crippen molar-refractivity contribution in [3.63, 3.8) is 0 Å². The Morgan fingerprint density at radius 3 is 2.41 bits per heavy atom. The molecule has 11 heteroatoms. The molecule has 0 radical (unpaired) electrons. The summed E-state index contributed by atoms with van der Waals surface area (Å²) >= 11 is 1.32. The second-order valence-electron chi connectivity index (χ2n) is 7.38. The lowest BCUT2D eigenvalue weighted by Gasteiger charge is -2.15. The van der Waals surface area contributed by atoms with Gasteiger partial charge in [-0.2, -0.15) is 4.37 Å². The number of anilines is 1. The predicted molar refractivity (Wildman–Crippen MR) is 126 cm³/mol. The van der Waals surface area contributed by atoms with Gasteiger partial charge >= 0.3 is 0 Å². The van der Waals surface area contributed by atoms with Gasteiger partial charge in [0.2, 0.25) is 5.91 Å². The minimum atomic E-state index is -0.816. The topological polar surface area (TPSA) is 140 Å². The number of nitrogens with two attached hydrogens (primary N) is 1. The van der Waals surface area contributed by atoms with E-state index in [4.69, 9.17) is 19.9 Å². The summed E-state index contributed by atoms with van der Waals surface area (Å²) in [5, 5.41) is 4.72. The number of hydrogen-bond acceptors (Lipinski definition) is 7. The van der Waals surface area contributed by atoms with Gasteiger partial charge in [0.05, 0.1) is 39.1 Å². The van der Waals surface area contributed by atoms with E-state index < -0.39 is 17.9 Å². The molecule has 3 aromatic rings. The average Bonchev–Trinajstić information content (AvgIpc) is 3.28. The van der Waals surface area contributed by atoms with Gasteiger partial charge in [-0.15, -0.1) is 0 Å². The number of ether oxygens (including phenoxy) is 3. The third-order valence-electron chi connectivity index (χ3n) is 5.09. The van der Waals surface area contributed by atoms with Gasteiger partial charge < -0.3 is 43.4 Å². The summed E-state index contributed by atoms with van der Waals surface area (Å²) in [6.07, 6.45) is -0.148. The Morgan fingerprint density at radius 1 is 1.09 bits per heavy atom. The molecule has 182 valence electrons. The summed E-state index contributed by atoms with van der Waals surface area (Å²) < 4.78 is 20.9. The first-order chi connectivity index (χ1) is 15.8. The predicted octanol–water partition coefficient (Wildman–Crippen LogP) is -0.760. The van der Waals surface area contributed by atoms with E-state index in [0.717, 1.165) is 27.9 Å². The van der Waals surface area contributed by atoms with Crippen LogP contribution >= 0.6 is 11.5 Å². The first-order valence-corrected chi connectivity index (χ1v) is 10.9. The van der Waals surface area contributed by atoms with Crippen molar-refractivity contribution in [2.45, 2.75) is 19.4 Å². The van der Waals surface area contributed by atoms with E-state index in [-0.39, 0.29) is 18.8 Å². The minimum absolute atomic E-state index is 0. The highest BCUT2D eigenvalue weighted by molar-refractivity contribution is 7.04. The van der Waals surface area contributed by atoms with Crippen molar-refractivity contribution in [1.82, 2.24) is 4.37 Å². The Bertz CT molecular complexity index is 1180. The Hall–Kier alpha value is -3.34. The van der Waals surface area contributed by atoms with E-state index in [1.54, 1.807) is 26.4 Å². The van der Waals surface area contributed by atoms with Crippen molar-refractivity contribution >= 4 is 29.0 Å². The third kappa shape index (κ3) is 5.77. The Kier molecular flexibility index (Phi) is 9.25. The summed E-state index contributed by atoms with van der Waals surface area (Å²) in [6.45, 7) is 1.94. The Balaban J connectivity index is 0.00000408.